The first-order valence-electron chi connectivity index (χ1n) is 8.89. The van der Waals surface area contributed by atoms with E-state index in [9.17, 15) is 14.3 Å². The molecular formula is C20H23FN2O4. The number of piperidine rings is 1. The molecule has 1 saturated heterocycles. The van der Waals surface area contributed by atoms with Crippen LogP contribution in [0.3, 0.4) is 0 Å². The quantitative estimate of drug-likeness (QED) is 0.803. The van der Waals surface area contributed by atoms with E-state index >= 15 is 0 Å². The molecule has 1 fully saturated rings. The summed E-state index contributed by atoms with van der Waals surface area (Å²) in [6.07, 6.45) is 4.97. The highest BCUT2D eigenvalue weighted by atomic mass is 19.1. The zero-order chi connectivity index (χ0) is 19.2. The Hall–Kier alpha value is -2.51. The summed E-state index contributed by atoms with van der Waals surface area (Å²) in [6, 6.07) is 6.84. The van der Waals surface area contributed by atoms with Crippen LogP contribution in [0.25, 0.3) is 0 Å². The molecule has 7 heteroatoms. The Morgan fingerprint density at radius 3 is 2.78 bits per heavy atom. The molecule has 0 unspecified atom stereocenters. The number of methoxy groups -OCH3 is 1. The van der Waals surface area contributed by atoms with Crippen LogP contribution in [0.2, 0.25) is 0 Å². The van der Waals surface area contributed by atoms with E-state index in [2.05, 4.69) is 4.98 Å². The summed E-state index contributed by atoms with van der Waals surface area (Å²) in [5.74, 6) is -1.13. The van der Waals surface area contributed by atoms with Gasteiger partial charge in [0.1, 0.15) is 17.6 Å². The molecule has 27 heavy (non-hydrogen) atoms. The monoisotopic (exact) mass is 374 g/mol. The van der Waals surface area contributed by atoms with Crippen molar-refractivity contribution in [1.82, 2.24) is 9.88 Å². The molecule has 1 aromatic heterocycles. The van der Waals surface area contributed by atoms with E-state index < -0.39 is 17.8 Å². The highest BCUT2D eigenvalue weighted by Gasteiger charge is 2.33. The maximum atomic E-state index is 13.7. The average Bonchev–Trinajstić information content (AvgIpc) is 2.68. The summed E-state index contributed by atoms with van der Waals surface area (Å²) in [5.41, 5.74) is 1.34. The Bertz CT molecular complexity index is 764. The highest BCUT2D eigenvalue weighted by Crippen LogP contribution is 2.32. The number of rotatable bonds is 7. The van der Waals surface area contributed by atoms with Crippen LogP contribution in [-0.4, -0.2) is 47.3 Å². The van der Waals surface area contributed by atoms with Gasteiger partial charge < -0.3 is 14.6 Å². The number of hydrogen-bond donors (Lipinski definition) is 1. The van der Waals surface area contributed by atoms with Gasteiger partial charge in [-0.3, -0.25) is 14.7 Å². The van der Waals surface area contributed by atoms with Crippen molar-refractivity contribution in [1.29, 1.82) is 0 Å². The van der Waals surface area contributed by atoms with Crippen molar-refractivity contribution in [3.8, 4) is 5.75 Å². The standard InChI is InChI=1S/C20H23FN2O4/c1-26-18-5-4-15(21)11-17(18)19(20(24)25)23-9-6-16(7-10-23)27-13-14-3-2-8-22-12-14/h2-5,8,11-12,16,19H,6-7,9-10,13H2,1H3,(H,24,25)/t19-/m0/s1. The Balaban J connectivity index is 1.64. The Morgan fingerprint density at radius 2 is 2.15 bits per heavy atom. The number of hydrogen-bond acceptors (Lipinski definition) is 5. The molecule has 0 amide bonds. The van der Waals surface area contributed by atoms with E-state index in [4.69, 9.17) is 9.47 Å². The number of carboxylic acids is 1. The molecule has 3 rings (SSSR count). The lowest BCUT2D eigenvalue weighted by Gasteiger charge is -2.36. The fraction of sp³-hybridized carbons (Fsp3) is 0.400. The third-order valence-electron chi connectivity index (χ3n) is 4.77. The Morgan fingerprint density at radius 1 is 1.37 bits per heavy atom. The maximum Gasteiger partial charge on any atom is 0.325 e. The number of pyridine rings is 1. The number of halogens is 1. The number of likely N-dealkylation sites (tertiary alicyclic amines) is 1. The van der Waals surface area contributed by atoms with Gasteiger partial charge in [0.05, 0.1) is 19.8 Å². The molecule has 2 heterocycles. The van der Waals surface area contributed by atoms with Crippen LogP contribution in [0.15, 0.2) is 42.7 Å². The van der Waals surface area contributed by atoms with Gasteiger partial charge in [0.15, 0.2) is 0 Å². The summed E-state index contributed by atoms with van der Waals surface area (Å²) in [7, 11) is 1.45. The normalized spacial score (nSPS) is 16.8. The third-order valence-corrected chi connectivity index (χ3v) is 4.77. The second-order valence-corrected chi connectivity index (χ2v) is 6.53. The molecule has 1 aliphatic rings. The Labute approximate surface area is 157 Å². The number of benzene rings is 1. The molecule has 0 saturated carbocycles. The molecule has 2 aromatic rings. The first kappa shape index (κ1) is 19.3. The molecule has 1 aliphatic heterocycles. The molecular weight excluding hydrogens is 351 g/mol. The van der Waals surface area contributed by atoms with Crippen molar-refractivity contribution in [3.63, 3.8) is 0 Å². The topological polar surface area (TPSA) is 71.9 Å². The smallest absolute Gasteiger partial charge is 0.325 e. The van der Waals surface area contributed by atoms with E-state index in [1.807, 2.05) is 17.0 Å². The lowest BCUT2D eigenvalue weighted by molar-refractivity contribution is -0.145. The third kappa shape index (κ3) is 4.81. The number of carbonyl (C=O) groups is 1. The summed E-state index contributed by atoms with van der Waals surface area (Å²) in [4.78, 5) is 17.8. The molecule has 1 N–H and O–H groups in total. The van der Waals surface area contributed by atoms with Crippen LogP contribution in [-0.2, 0) is 16.1 Å². The van der Waals surface area contributed by atoms with Crippen molar-refractivity contribution >= 4 is 5.97 Å². The lowest BCUT2D eigenvalue weighted by atomic mass is 9.99. The predicted molar refractivity (Wildman–Crippen MR) is 96.9 cm³/mol. The predicted octanol–water partition coefficient (Wildman–Crippen LogP) is 3.04. The van der Waals surface area contributed by atoms with Crippen LogP contribution >= 0.6 is 0 Å². The minimum absolute atomic E-state index is 0.0605. The van der Waals surface area contributed by atoms with Gasteiger partial charge in [0, 0.05) is 31.0 Å². The van der Waals surface area contributed by atoms with Crippen molar-refractivity contribution in [2.75, 3.05) is 20.2 Å². The summed E-state index contributed by atoms with van der Waals surface area (Å²) in [5, 5.41) is 9.75. The van der Waals surface area contributed by atoms with Gasteiger partial charge in [-0.25, -0.2) is 4.39 Å². The first-order chi connectivity index (χ1) is 13.1. The largest absolute Gasteiger partial charge is 0.496 e. The van der Waals surface area contributed by atoms with E-state index in [0.29, 0.717) is 43.9 Å². The van der Waals surface area contributed by atoms with Gasteiger partial charge in [0.25, 0.3) is 0 Å². The first-order valence-corrected chi connectivity index (χ1v) is 8.89. The van der Waals surface area contributed by atoms with Crippen molar-refractivity contribution < 1.29 is 23.8 Å². The lowest BCUT2D eigenvalue weighted by Crippen LogP contribution is -2.42. The number of aromatic nitrogens is 1. The maximum absolute atomic E-state index is 13.7. The van der Waals surface area contributed by atoms with E-state index in [0.717, 1.165) is 5.56 Å². The van der Waals surface area contributed by atoms with Crippen LogP contribution in [0.5, 0.6) is 5.75 Å². The van der Waals surface area contributed by atoms with Crippen molar-refractivity contribution in [3.05, 3.63) is 59.7 Å². The number of nitrogens with zero attached hydrogens (tertiary/aromatic N) is 2. The second kappa shape index (κ2) is 8.92. The second-order valence-electron chi connectivity index (χ2n) is 6.53. The zero-order valence-corrected chi connectivity index (χ0v) is 15.2. The number of ether oxygens (including phenoxy) is 2. The number of carboxylic acid groups (broad SMARTS) is 1. The minimum Gasteiger partial charge on any atom is -0.496 e. The molecule has 1 aromatic carbocycles. The number of aliphatic carboxylic acids is 1. The molecule has 6 nitrogen and oxygen atoms in total. The minimum atomic E-state index is -1.02. The molecule has 0 aliphatic carbocycles. The SMILES string of the molecule is COc1ccc(F)cc1[C@@H](C(=O)O)N1CCC(OCc2cccnc2)CC1. The molecule has 1 atom stereocenters. The Kier molecular flexibility index (Phi) is 6.36. The van der Waals surface area contributed by atoms with Gasteiger partial charge in [0.2, 0.25) is 0 Å². The average molecular weight is 374 g/mol. The molecule has 0 spiro atoms. The van der Waals surface area contributed by atoms with E-state index in [-0.39, 0.29) is 6.10 Å². The van der Waals surface area contributed by atoms with Crippen LogP contribution in [0.4, 0.5) is 4.39 Å². The summed E-state index contributed by atoms with van der Waals surface area (Å²) < 4.78 is 24.9. The van der Waals surface area contributed by atoms with Crippen molar-refractivity contribution in [2.45, 2.75) is 31.6 Å². The molecule has 0 radical (unpaired) electrons. The molecule has 0 bridgehead atoms. The van der Waals surface area contributed by atoms with E-state index in [1.165, 1.54) is 25.3 Å². The van der Waals surface area contributed by atoms with Gasteiger partial charge in [-0.2, -0.15) is 0 Å². The van der Waals surface area contributed by atoms with Gasteiger partial charge in [-0.1, -0.05) is 6.07 Å². The fourth-order valence-corrected chi connectivity index (χ4v) is 3.40. The van der Waals surface area contributed by atoms with Crippen LogP contribution in [0.1, 0.15) is 30.0 Å². The van der Waals surface area contributed by atoms with Gasteiger partial charge in [-0.15, -0.1) is 0 Å². The fourth-order valence-electron chi connectivity index (χ4n) is 3.40. The highest BCUT2D eigenvalue weighted by molar-refractivity contribution is 5.76. The molecule has 144 valence electrons. The van der Waals surface area contributed by atoms with E-state index in [1.54, 1.807) is 12.4 Å². The van der Waals surface area contributed by atoms with Gasteiger partial charge >= 0.3 is 5.97 Å². The van der Waals surface area contributed by atoms with Crippen LogP contribution < -0.4 is 4.74 Å². The van der Waals surface area contributed by atoms with Crippen molar-refractivity contribution in [2.24, 2.45) is 0 Å². The van der Waals surface area contributed by atoms with Crippen LogP contribution in [0, 0.1) is 5.82 Å². The summed E-state index contributed by atoms with van der Waals surface area (Å²) >= 11 is 0. The summed E-state index contributed by atoms with van der Waals surface area (Å²) in [6.45, 7) is 1.58. The van der Waals surface area contributed by atoms with Gasteiger partial charge in [-0.05, 0) is 42.7 Å². The zero-order valence-electron chi connectivity index (χ0n) is 15.2.